The maximum Gasteiger partial charge on any atom is 0.309 e. The number of aromatic nitrogens is 3. The van der Waals surface area contributed by atoms with Gasteiger partial charge in [-0.1, -0.05) is 60.7 Å². The molecule has 6 heteroatoms. The van der Waals surface area contributed by atoms with E-state index in [9.17, 15) is 9.90 Å². The van der Waals surface area contributed by atoms with E-state index in [1.54, 1.807) is 0 Å². The van der Waals surface area contributed by atoms with Gasteiger partial charge in [0.15, 0.2) is 5.65 Å². The zero-order valence-electron chi connectivity index (χ0n) is 19.2. The molecular weight excluding hydrogens is 426 g/mol. The lowest BCUT2D eigenvalue weighted by Crippen LogP contribution is -2.08. The number of benzene rings is 2. The van der Waals surface area contributed by atoms with Crippen LogP contribution in [0.4, 0.5) is 0 Å². The minimum atomic E-state index is -0.905. The zero-order chi connectivity index (χ0) is 23.7. The number of nitrogens with zero attached hydrogens (tertiary/aromatic N) is 3. The molecule has 2 aromatic carbocycles. The van der Waals surface area contributed by atoms with E-state index in [0.29, 0.717) is 29.9 Å². The fourth-order valence-corrected chi connectivity index (χ4v) is 4.23. The largest absolute Gasteiger partial charge is 0.481 e. The van der Waals surface area contributed by atoms with Gasteiger partial charge in [-0.05, 0) is 31.0 Å². The standard InChI is InChI=1S/C28H25N3O3/c1-18-13-22(34-19(18)2)15-23-26(16-27(32)33)31-17-25(21-11-7-4-8-12-21)29-24(28(31)30-23)14-20-9-5-3-6-10-20/h3-13,17H,14-16H2,1-2H3,(H,32,33). The average molecular weight is 452 g/mol. The summed E-state index contributed by atoms with van der Waals surface area (Å²) >= 11 is 0. The molecule has 0 bridgehead atoms. The third-order valence-corrected chi connectivity index (χ3v) is 6.02. The number of carboxylic acids is 1. The molecule has 0 aliphatic carbocycles. The van der Waals surface area contributed by atoms with E-state index in [-0.39, 0.29) is 6.42 Å². The van der Waals surface area contributed by atoms with Crippen molar-refractivity contribution in [2.24, 2.45) is 0 Å². The molecule has 0 saturated carbocycles. The molecule has 5 rings (SSSR count). The van der Waals surface area contributed by atoms with Gasteiger partial charge in [-0.3, -0.25) is 9.20 Å². The monoisotopic (exact) mass is 451 g/mol. The van der Waals surface area contributed by atoms with Crippen LogP contribution < -0.4 is 0 Å². The Morgan fingerprint density at radius 2 is 1.65 bits per heavy atom. The Morgan fingerprint density at radius 3 is 2.29 bits per heavy atom. The van der Waals surface area contributed by atoms with Gasteiger partial charge in [0.2, 0.25) is 0 Å². The molecule has 1 N–H and O–H groups in total. The summed E-state index contributed by atoms with van der Waals surface area (Å²) in [5.74, 6) is 0.722. The third kappa shape index (κ3) is 4.35. The summed E-state index contributed by atoms with van der Waals surface area (Å²) in [6.45, 7) is 3.92. The van der Waals surface area contributed by atoms with Crippen molar-refractivity contribution in [3.05, 3.63) is 113 Å². The number of imidazole rings is 1. The number of hydrogen-bond acceptors (Lipinski definition) is 4. The number of rotatable bonds is 7. The quantitative estimate of drug-likeness (QED) is 0.358. The van der Waals surface area contributed by atoms with Gasteiger partial charge in [0.05, 0.1) is 35.6 Å². The zero-order valence-corrected chi connectivity index (χ0v) is 19.2. The Bertz CT molecular complexity index is 1450. The van der Waals surface area contributed by atoms with E-state index < -0.39 is 5.97 Å². The third-order valence-electron chi connectivity index (χ3n) is 6.02. The molecule has 5 aromatic rings. The van der Waals surface area contributed by atoms with E-state index in [4.69, 9.17) is 14.4 Å². The fourth-order valence-electron chi connectivity index (χ4n) is 4.23. The van der Waals surface area contributed by atoms with Crippen molar-refractivity contribution in [2.75, 3.05) is 0 Å². The second-order valence-electron chi connectivity index (χ2n) is 8.50. The second-order valence-corrected chi connectivity index (χ2v) is 8.50. The first-order valence-corrected chi connectivity index (χ1v) is 11.2. The SMILES string of the molecule is Cc1cc(Cc2nc3c(Cc4ccccc4)nc(-c4ccccc4)cn3c2CC(=O)O)oc1C. The molecule has 0 atom stereocenters. The first-order valence-electron chi connectivity index (χ1n) is 11.2. The molecule has 6 nitrogen and oxygen atoms in total. The molecule has 170 valence electrons. The van der Waals surface area contributed by atoms with Gasteiger partial charge in [0, 0.05) is 18.2 Å². The van der Waals surface area contributed by atoms with Crippen LogP contribution in [-0.4, -0.2) is 25.4 Å². The van der Waals surface area contributed by atoms with Crippen LogP contribution in [0.3, 0.4) is 0 Å². The number of furan rings is 1. The minimum Gasteiger partial charge on any atom is -0.481 e. The summed E-state index contributed by atoms with van der Waals surface area (Å²) in [5, 5.41) is 9.69. The molecule has 3 heterocycles. The predicted molar refractivity (Wildman–Crippen MR) is 130 cm³/mol. The van der Waals surface area contributed by atoms with Crippen LogP contribution >= 0.6 is 0 Å². The van der Waals surface area contributed by atoms with E-state index in [2.05, 4.69) is 12.1 Å². The van der Waals surface area contributed by atoms with Gasteiger partial charge in [-0.15, -0.1) is 0 Å². The smallest absolute Gasteiger partial charge is 0.309 e. The highest BCUT2D eigenvalue weighted by molar-refractivity contribution is 5.71. The van der Waals surface area contributed by atoms with Gasteiger partial charge in [0.25, 0.3) is 0 Å². The van der Waals surface area contributed by atoms with E-state index in [0.717, 1.165) is 39.6 Å². The van der Waals surface area contributed by atoms with Crippen molar-refractivity contribution in [1.82, 2.24) is 14.4 Å². The Balaban J connectivity index is 1.71. The lowest BCUT2D eigenvalue weighted by molar-refractivity contribution is -0.136. The maximum atomic E-state index is 11.8. The van der Waals surface area contributed by atoms with Crippen molar-refractivity contribution in [3.63, 3.8) is 0 Å². The number of hydrogen-bond donors (Lipinski definition) is 1. The molecule has 0 aliphatic heterocycles. The van der Waals surface area contributed by atoms with Crippen LogP contribution in [0, 0.1) is 13.8 Å². The highest BCUT2D eigenvalue weighted by Crippen LogP contribution is 2.26. The lowest BCUT2D eigenvalue weighted by atomic mass is 10.1. The summed E-state index contributed by atoms with van der Waals surface area (Å²) in [7, 11) is 0. The summed E-state index contributed by atoms with van der Waals surface area (Å²) in [6, 6.07) is 22.0. The van der Waals surface area contributed by atoms with Crippen LogP contribution in [0.25, 0.3) is 16.9 Å². The number of aliphatic carboxylic acids is 1. The van der Waals surface area contributed by atoms with Gasteiger partial charge in [-0.25, -0.2) is 9.97 Å². The Kier molecular flexibility index (Phi) is 5.72. The molecule has 3 aromatic heterocycles. The lowest BCUT2D eigenvalue weighted by Gasteiger charge is -2.09. The van der Waals surface area contributed by atoms with Crippen LogP contribution in [0.2, 0.25) is 0 Å². The van der Waals surface area contributed by atoms with E-state index in [1.165, 1.54) is 0 Å². The Hall–Kier alpha value is -4.19. The highest BCUT2D eigenvalue weighted by Gasteiger charge is 2.21. The summed E-state index contributed by atoms with van der Waals surface area (Å²) in [6.07, 6.45) is 2.77. The van der Waals surface area contributed by atoms with Gasteiger partial charge in [-0.2, -0.15) is 0 Å². The number of aryl methyl sites for hydroxylation is 2. The van der Waals surface area contributed by atoms with Crippen molar-refractivity contribution >= 4 is 11.6 Å². The van der Waals surface area contributed by atoms with Crippen LogP contribution in [0.1, 0.15) is 39.7 Å². The maximum absolute atomic E-state index is 11.8. The van der Waals surface area contributed by atoms with Gasteiger partial charge >= 0.3 is 5.97 Å². The van der Waals surface area contributed by atoms with Crippen LogP contribution in [0.15, 0.2) is 77.3 Å². The van der Waals surface area contributed by atoms with Crippen molar-refractivity contribution in [2.45, 2.75) is 33.1 Å². The topological polar surface area (TPSA) is 80.6 Å². The molecule has 0 unspecified atom stereocenters. The molecule has 0 spiro atoms. The second kappa shape index (κ2) is 8.98. The van der Waals surface area contributed by atoms with Crippen molar-refractivity contribution < 1.29 is 14.3 Å². The van der Waals surface area contributed by atoms with Gasteiger partial charge in [0.1, 0.15) is 11.5 Å². The summed E-state index contributed by atoms with van der Waals surface area (Å²) in [5.41, 5.74) is 6.74. The number of carbonyl (C=O) groups is 1. The Morgan fingerprint density at radius 1 is 0.941 bits per heavy atom. The van der Waals surface area contributed by atoms with Crippen LogP contribution in [-0.2, 0) is 24.1 Å². The molecule has 0 amide bonds. The highest BCUT2D eigenvalue weighted by atomic mass is 16.4. The normalized spacial score (nSPS) is 11.2. The predicted octanol–water partition coefficient (Wildman–Crippen LogP) is 5.41. The minimum absolute atomic E-state index is 0.141. The molecular formula is C28H25N3O3. The molecule has 0 fully saturated rings. The van der Waals surface area contributed by atoms with Gasteiger partial charge < -0.3 is 9.52 Å². The average Bonchev–Trinajstić information content (AvgIpc) is 3.33. The van der Waals surface area contributed by atoms with Crippen molar-refractivity contribution in [1.29, 1.82) is 0 Å². The number of fused-ring (bicyclic) bond motifs is 1. The molecule has 0 aliphatic rings. The van der Waals surface area contributed by atoms with E-state index >= 15 is 0 Å². The summed E-state index contributed by atoms with van der Waals surface area (Å²) < 4.78 is 7.78. The Labute approximate surface area is 197 Å². The first kappa shape index (κ1) is 21.6. The summed E-state index contributed by atoms with van der Waals surface area (Å²) in [4.78, 5) is 21.7. The molecule has 0 saturated heterocycles. The fraction of sp³-hybridized carbons (Fsp3) is 0.179. The van der Waals surface area contributed by atoms with E-state index in [1.807, 2.05) is 79.0 Å². The first-order chi connectivity index (χ1) is 16.5. The van der Waals surface area contributed by atoms with Crippen LogP contribution in [0.5, 0.6) is 0 Å². The molecule has 0 radical (unpaired) electrons. The molecule has 34 heavy (non-hydrogen) atoms. The van der Waals surface area contributed by atoms with Crippen molar-refractivity contribution in [3.8, 4) is 11.3 Å². The number of carboxylic acid groups (broad SMARTS) is 1.